The van der Waals surface area contributed by atoms with Crippen LogP contribution in [0.4, 0.5) is 5.69 Å². The molecule has 0 bridgehead atoms. The average Bonchev–Trinajstić information content (AvgIpc) is 2.50. The van der Waals surface area contributed by atoms with E-state index in [4.69, 9.17) is 4.74 Å². The fourth-order valence-corrected chi connectivity index (χ4v) is 2.63. The lowest BCUT2D eigenvalue weighted by Gasteiger charge is -2.28. The Morgan fingerprint density at radius 2 is 2.10 bits per heavy atom. The van der Waals surface area contributed by atoms with Gasteiger partial charge < -0.3 is 15.0 Å². The van der Waals surface area contributed by atoms with E-state index in [-0.39, 0.29) is 0 Å². The molecule has 1 N–H and O–H groups in total. The molecule has 21 heavy (non-hydrogen) atoms. The zero-order valence-electron chi connectivity index (χ0n) is 13.8. The van der Waals surface area contributed by atoms with E-state index in [2.05, 4.69) is 65.1 Å². The molecule has 1 rings (SSSR count). The van der Waals surface area contributed by atoms with Gasteiger partial charge in [0.2, 0.25) is 0 Å². The van der Waals surface area contributed by atoms with Gasteiger partial charge in [0.05, 0.1) is 6.61 Å². The van der Waals surface area contributed by atoms with Gasteiger partial charge in [-0.2, -0.15) is 0 Å². The Morgan fingerprint density at radius 3 is 2.71 bits per heavy atom. The van der Waals surface area contributed by atoms with Gasteiger partial charge >= 0.3 is 0 Å². The Hall–Kier alpha value is -0.580. The summed E-state index contributed by atoms with van der Waals surface area (Å²) in [7, 11) is 1.73. The summed E-state index contributed by atoms with van der Waals surface area (Å²) in [5, 5.41) is 3.44. The predicted molar refractivity (Wildman–Crippen MR) is 95.1 cm³/mol. The minimum Gasteiger partial charge on any atom is -0.383 e. The Labute approximate surface area is 138 Å². The second kappa shape index (κ2) is 10.2. The molecule has 1 unspecified atom stereocenters. The van der Waals surface area contributed by atoms with Gasteiger partial charge in [-0.05, 0) is 30.5 Å². The van der Waals surface area contributed by atoms with Crippen LogP contribution in [0.1, 0.15) is 32.8 Å². The van der Waals surface area contributed by atoms with Crippen LogP contribution in [0.2, 0.25) is 0 Å². The Bertz CT molecular complexity index is 412. The van der Waals surface area contributed by atoms with E-state index in [0.717, 1.165) is 37.3 Å². The lowest BCUT2D eigenvalue weighted by Crippen LogP contribution is -2.30. The topological polar surface area (TPSA) is 24.5 Å². The molecule has 0 aliphatic carbocycles. The maximum Gasteiger partial charge on any atom is 0.0587 e. The highest BCUT2D eigenvalue weighted by Crippen LogP contribution is 2.26. The van der Waals surface area contributed by atoms with Crippen LogP contribution in [-0.2, 0) is 11.3 Å². The minimum atomic E-state index is 0.707. The fraction of sp³-hybridized carbons (Fsp3) is 0.647. The molecular formula is C17H29BrN2O. The monoisotopic (exact) mass is 356 g/mol. The molecule has 0 saturated carbocycles. The van der Waals surface area contributed by atoms with Crippen molar-refractivity contribution < 1.29 is 4.74 Å². The SMILES string of the molecule is CCC(C)CN(CC)c1cc(Br)ccc1CNCCOC. The van der Waals surface area contributed by atoms with Crippen molar-refractivity contribution in [3.8, 4) is 0 Å². The van der Waals surface area contributed by atoms with Crippen LogP contribution in [0.25, 0.3) is 0 Å². The van der Waals surface area contributed by atoms with Crippen LogP contribution in [-0.4, -0.2) is 33.4 Å². The molecule has 120 valence electrons. The number of nitrogens with one attached hydrogen (secondary N) is 1. The Kier molecular flexibility index (Phi) is 8.97. The van der Waals surface area contributed by atoms with Crippen molar-refractivity contribution in [2.75, 3.05) is 38.3 Å². The summed E-state index contributed by atoms with van der Waals surface area (Å²) in [6, 6.07) is 6.56. The standard InChI is InChI=1S/C17H29BrN2O/c1-5-14(3)13-20(6-2)17-11-16(18)8-7-15(17)12-19-9-10-21-4/h7-8,11,14,19H,5-6,9-10,12-13H2,1-4H3. The zero-order chi connectivity index (χ0) is 15.7. The number of ether oxygens (including phenoxy) is 1. The van der Waals surface area contributed by atoms with Gasteiger partial charge in [-0.15, -0.1) is 0 Å². The molecule has 0 spiro atoms. The van der Waals surface area contributed by atoms with Crippen LogP contribution in [0.5, 0.6) is 0 Å². The second-order valence-electron chi connectivity index (χ2n) is 5.49. The summed E-state index contributed by atoms with van der Waals surface area (Å²) < 4.78 is 6.22. The lowest BCUT2D eigenvalue weighted by atomic mass is 10.1. The van der Waals surface area contributed by atoms with Crippen LogP contribution < -0.4 is 10.2 Å². The smallest absolute Gasteiger partial charge is 0.0587 e. The van der Waals surface area contributed by atoms with Crippen molar-refractivity contribution in [2.45, 2.75) is 33.7 Å². The van der Waals surface area contributed by atoms with Crippen molar-refractivity contribution in [3.05, 3.63) is 28.2 Å². The molecule has 0 aliphatic heterocycles. The number of benzene rings is 1. The van der Waals surface area contributed by atoms with Crippen molar-refractivity contribution >= 4 is 21.6 Å². The number of rotatable bonds is 10. The molecule has 4 heteroatoms. The second-order valence-corrected chi connectivity index (χ2v) is 6.41. The number of hydrogen-bond donors (Lipinski definition) is 1. The molecular weight excluding hydrogens is 328 g/mol. The first-order valence-corrected chi connectivity index (χ1v) is 8.64. The van der Waals surface area contributed by atoms with Gasteiger partial charge in [-0.1, -0.05) is 42.3 Å². The van der Waals surface area contributed by atoms with Crippen LogP contribution in [0.3, 0.4) is 0 Å². The molecule has 0 saturated heterocycles. The maximum absolute atomic E-state index is 5.08. The van der Waals surface area contributed by atoms with E-state index in [9.17, 15) is 0 Å². The molecule has 0 amide bonds. The molecule has 0 fully saturated rings. The number of hydrogen-bond acceptors (Lipinski definition) is 3. The van der Waals surface area contributed by atoms with E-state index in [0.29, 0.717) is 5.92 Å². The van der Waals surface area contributed by atoms with Crippen LogP contribution in [0, 0.1) is 5.92 Å². The predicted octanol–water partition coefficient (Wildman–Crippen LogP) is 4.06. The van der Waals surface area contributed by atoms with E-state index < -0.39 is 0 Å². The summed E-state index contributed by atoms with van der Waals surface area (Å²) in [6.07, 6.45) is 1.21. The number of methoxy groups -OCH3 is 1. The first-order chi connectivity index (χ1) is 10.1. The normalized spacial score (nSPS) is 12.4. The van der Waals surface area contributed by atoms with Crippen molar-refractivity contribution in [1.29, 1.82) is 0 Å². The van der Waals surface area contributed by atoms with Crippen molar-refractivity contribution in [2.24, 2.45) is 5.92 Å². The van der Waals surface area contributed by atoms with Gasteiger partial charge in [0, 0.05) is 43.4 Å². The lowest BCUT2D eigenvalue weighted by molar-refractivity contribution is 0.199. The molecule has 1 aromatic rings. The largest absolute Gasteiger partial charge is 0.383 e. The highest BCUT2D eigenvalue weighted by Gasteiger charge is 2.13. The Balaban J connectivity index is 2.83. The van der Waals surface area contributed by atoms with Crippen molar-refractivity contribution in [1.82, 2.24) is 5.32 Å². The van der Waals surface area contributed by atoms with Gasteiger partial charge in [0.15, 0.2) is 0 Å². The van der Waals surface area contributed by atoms with E-state index >= 15 is 0 Å². The number of nitrogens with zero attached hydrogens (tertiary/aromatic N) is 1. The average molecular weight is 357 g/mol. The van der Waals surface area contributed by atoms with E-state index in [1.807, 2.05) is 0 Å². The summed E-state index contributed by atoms with van der Waals surface area (Å²) >= 11 is 3.60. The quantitative estimate of drug-likeness (QED) is 0.639. The van der Waals surface area contributed by atoms with Crippen LogP contribution >= 0.6 is 15.9 Å². The highest BCUT2D eigenvalue weighted by molar-refractivity contribution is 9.10. The van der Waals surface area contributed by atoms with Gasteiger partial charge in [0.25, 0.3) is 0 Å². The summed E-state index contributed by atoms with van der Waals surface area (Å²) in [4.78, 5) is 2.48. The fourth-order valence-electron chi connectivity index (χ4n) is 2.28. The molecule has 1 atom stereocenters. The summed E-state index contributed by atoms with van der Waals surface area (Å²) in [6.45, 7) is 11.4. The molecule has 0 aliphatic rings. The molecule has 0 aromatic heterocycles. The molecule has 3 nitrogen and oxygen atoms in total. The number of halogens is 1. The molecule has 0 radical (unpaired) electrons. The summed E-state index contributed by atoms with van der Waals surface area (Å²) in [5.41, 5.74) is 2.68. The first-order valence-electron chi connectivity index (χ1n) is 7.85. The first kappa shape index (κ1) is 18.5. The van der Waals surface area contributed by atoms with Gasteiger partial charge in [0.1, 0.15) is 0 Å². The van der Waals surface area contributed by atoms with Crippen LogP contribution in [0.15, 0.2) is 22.7 Å². The molecule has 1 aromatic carbocycles. The summed E-state index contributed by atoms with van der Waals surface area (Å²) in [5.74, 6) is 0.707. The third-order valence-corrected chi connectivity index (χ3v) is 4.29. The van der Waals surface area contributed by atoms with Gasteiger partial charge in [-0.25, -0.2) is 0 Å². The number of anilines is 1. The zero-order valence-corrected chi connectivity index (χ0v) is 15.4. The molecule has 0 heterocycles. The van der Waals surface area contributed by atoms with Crippen molar-refractivity contribution in [3.63, 3.8) is 0 Å². The highest BCUT2D eigenvalue weighted by atomic mass is 79.9. The maximum atomic E-state index is 5.08. The Morgan fingerprint density at radius 1 is 1.33 bits per heavy atom. The third-order valence-electron chi connectivity index (χ3n) is 3.80. The third kappa shape index (κ3) is 6.37. The van der Waals surface area contributed by atoms with E-state index in [1.54, 1.807) is 7.11 Å². The van der Waals surface area contributed by atoms with Gasteiger partial charge in [-0.3, -0.25) is 0 Å². The van der Waals surface area contributed by atoms with E-state index in [1.165, 1.54) is 17.7 Å². The minimum absolute atomic E-state index is 0.707.